The van der Waals surface area contributed by atoms with E-state index in [2.05, 4.69) is 27.9 Å². The van der Waals surface area contributed by atoms with Crippen LogP contribution in [0, 0.1) is 14.9 Å². The Labute approximate surface area is 133 Å². The third-order valence-electron chi connectivity index (χ3n) is 2.53. The Morgan fingerprint density at radius 1 is 1.50 bits per heavy atom. The predicted molar refractivity (Wildman–Crippen MR) is 86.9 cm³/mol. The maximum Gasteiger partial charge on any atom is 0.261 e. The predicted octanol–water partition coefficient (Wildman–Crippen LogP) is 2.74. The molecule has 0 heterocycles. The molecule has 0 aliphatic rings. The summed E-state index contributed by atoms with van der Waals surface area (Å²) < 4.78 is 6.18. The number of amides is 1. The largest absolute Gasteiger partial charge is 0.382 e. The molecule has 1 aromatic carbocycles. The van der Waals surface area contributed by atoms with E-state index in [-0.39, 0.29) is 11.5 Å². The van der Waals surface area contributed by atoms with E-state index in [1.165, 1.54) is 0 Å². The van der Waals surface area contributed by atoms with E-state index in [1.54, 1.807) is 6.08 Å². The molecule has 0 saturated heterocycles. The summed E-state index contributed by atoms with van der Waals surface area (Å²) in [5.41, 5.74) is 0.986. The summed E-state index contributed by atoms with van der Waals surface area (Å²) in [6, 6.07) is 9.55. The molecule has 106 valence electrons. The molecule has 0 saturated carbocycles. The highest BCUT2D eigenvalue weighted by Crippen LogP contribution is 2.15. The number of halogens is 1. The minimum atomic E-state index is -0.344. The molecule has 4 nitrogen and oxygen atoms in total. The number of carbonyl (C=O) groups excluding carboxylic acids is 1. The molecule has 20 heavy (non-hydrogen) atoms. The summed E-state index contributed by atoms with van der Waals surface area (Å²) in [7, 11) is 0. The van der Waals surface area contributed by atoms with Gasteiger partial charge in [0.25, 0.3) is 5.91 Å². The third kappa shape index (κ3) is 5.72. The summed E-state index contributed by atoms with van der Waals surface area (Å²) in [6.07, 6.45) is 2.35. The van der Waals surface area contributed by atoms with Gasteiger partial charge in [-0.3, -0.25) is 4.79 Å². The van der Waals surface area contributed by atoms with Gasteiger partial charge in [-0.05, 0) is 53.6 Å². The van der Waals surface area contributed by atoms with Gasteiger partial charge in [-0.25, -0.2) is 0 Å². The summed E-state index contributed by atoms with van der Waals surface area (Å²) in [4.78, 5) is 11.9. The first-order chi connectivity index (χ1) is 9.69. The van der Waals surface area contributed by atoms with Gasteiger partial charge in [0.15, 0.2) is 0 Å². The first-order valence-corrected chi connectivity index (χ1v) is 7.49. The average Bonchev–Trinajstić information content (AvgIpc) is 2.46. The zero-order valence-electron chi connectivity index (χ0n) is 11.4. The molecule has 0 unspecified atom stereocenters. The van der Waals surface area contributed by atoms with Crippen molar-refractivity contribution in [3.8, 4) is 6.07 Å². The minimum Gasteiger partial charge on any atom is -0.382 e. The van der Waals surface area contributed by atoms with Gasteiger partial charge in [0, 0.05) is 23.3 Å². The van der Waals surface area contributed by atoms with E-state index in [0.29, 0.717) is 19.8 Å². The van der Waals surface area contributed by atoms with Crippen molar-refractivity contribution in [1.29, 1.82) is 5.26 Å². The molecule has 1 rings (SSSR count). The van der Waals surface area contributed by atoms with E-state index in [0.717, 1.165) is 15.6 Å². The minimum absolute atomic E-state index is 0.116. The number of ether oxygens (including phenoxy) is 1. The number of nitriles is 1. The lowest BCUT2D eigenvalue weighted by Gasteiger charge is -2.05. The summed E-state index contributed by atoms with van der Waals surface area (Å²) in [5.74, 6) is -0.344. The van der Waals surface area contributed by atoms with E-state index >= 15 is 0 Å². The van der Waals surface area contributed by atoms with Gasteiger partial charge >= 0.3 is 0 Å². The van der Waals surface area contributed by atoms with Crippen LogP contribution in [0.3, 0.4) is 0 Å². The summed E-state index contributed by atoms with van der Waals surface area (Å²) >= 11 is 2.18. The number of hydrogen-bond donors (Lipinski definition) is 1. The fourth-order valence-corrected chi connectivity index (χ4v) is 2.06. The van der Waals surface area contributed by atoms with Crippen molar-refractivity contribution in [2.24, 2.45) is 0 Å². The van der Waals surface area contributed by atoms with Crippen molar-refractivity contribution >= 4 is 34.6 Å². The average molecular weight is 384 g/mol. The van der Waals surface area contributed by atoms with Gasteiger partial charge in [0.1, 0.15) is 11.6 Å². The number of carbonyl (C=O) groups is 1. The topological polar surface area (TPSA) is 62.1 Å². The van der Waals surface area contributed by atoms with Crippen molar-refractivity contribution in [3.05, 3.63) is 39.0 Å². The first-order valence-electron chi connectivity index (χ1n) is 6.41. The number of nitrogens with zero attached hydrogens (tertiary/aromatic N) is 1. The standard InChI is InChI=1S/C15H17IN2O2/c1-2-20-9-5-8-18-15(19)13(11-17)10-12-6-3-4-7-14(12)16/h3-4,6-7,10H,2,5,8-9H2,1H3,(H,18,19)/b13-10+. The van der Waals surface area contributed by atoms with Crippen LogP contribution in [-0.4, -0.2) is 25.7 Å². The van der Waals surface area contributed by atoms with Crippen LogP contribution in [-0.2, 0) is 9.53 Å². The van der Waals surface area contributed by atoms with Crippen LogP contribution in [0.4, 0.5) is 0 Å². The van der Waals surface area contributed by atoms with Crippen molar-refractivity contribution in [1.82, 2.24) is 5.32 Å². The van der Waals surface area contributed by atoms with Crippen molar-refractivity contribution in [2.45, 2.75) is 13.3 Å². The second kappa shape index (κ2) is 9.50. The number of benzene rings is 1. The van der Waals surface area contributed by atoms with Gasteiger partial charge in [-0.15, -0.1) is 0 Å². The first kappa shape index (κ1) is 16.7. The van der Waals surface area contributed by atoms with Gasteiger partial charge in [0.2, 0.25) is 0 Å². The maximum absolute atomic E-state index is 11.9. The fourth-order valence-electron chi connectivity index (χ4n) is 1.51. The Morgan fingerprint density at radius 3 is 2.90 bits per heavy atom. The van der Waals surface area contributed by atoms with Crippen LogP contribution >= 0.6 is 22.6 Å². The van der Waals surface area contributed by atoms with Crippen LogP contribution < -0.4 is 5.32 Å². The molecule has 1 N–H and O–H groups in total. The molecule has 0 fully saturated rings. The van der Waals surface area contributed by atoms with Crippen LogP contribution in [0.25, 0.3) is 6.08 Å². The number of rotatable bonds is 7. The molecule has 0 radical (unpaired) electrons. The van der Waals surface area contributed by atoms with Gasteiger partial charge < -0.3 is 10.1 Å². The van der Waals surface area contributed by atoms with Crippen molar-refractivity contribution in [3.63, 3.8) is 0 Å². The van der Waals surface area contributed by atoms with Gasteiger partial charge in [-0.1, -0.05) is 18.2 Å². The third-order valence-corrected chi connectivity index (χ3v) is 3.51. The SMILES string of the molecule is CCOCCCNC(=O)/C(C#N)=C/c1ccccc1I. The Bertz CT molecular complexity index is 521. The monoisotopic (exact) mass is 384 g/mol. The van der Waals surface area contributed by atoms with Gasteiger partial charge in [0.05, 0.1) is 0 Å². The highest BCUT2D eigenvalue weighted by molar-refractivity contribution is 14.1. The second-order valence-electron chi connectivity index (χ2n) is 4.00. The van der Waals surface area contributed by atoms with Crippen LogP contribution in [0.5, 0.6) is 0 Å². The Balaban J connectivity index is 2.60. The molecular weight excluding hydrogens is 367 g/mol. The van der Waals surface area contributed by atoms with Crippen molar-refractivity contribution < 1.29 is 9.53 Å². The van der Waals surface area contributed by atoms with Gasteiger partial charge in [-0.2, -0.15) is 5.26 Å². The molecule has 1 amide bonds. The zero-order valence-corrected chi connectivity index (χ0v) is 13.5. The van der Waals surface area contributed by atoms with E-state index in [9.17, 15) is 4.79 Å². The van der Waals surface area contributed by atoms with E-state index in [4.69, 9.17) is 10.00 Å². The lowest BCUT2D eigenvalue weighted by Crippen LogP contribution is -2.26. The molecular formula is C15H17IN2O2. The molecule has 0 atom stereocenters. The summed E-state index contributed by atoms with van der Waals surface area (Å²) in [5, 5.41) is 11.8. The molecule has 0 aromatic heterocycles. The van der Waals surface area contributed by atoms with E-state index < -0.39 is 0 Å². The molecule has 0 aliphatic heterocycles. The quantitative estimate of drug-likeness (QED) is 0.340. The molecule has 0 bridgehead atoms. The van der Waals surface area contributed by atoms with Crippen LogP contribution in [0.15, 0.2) is 29.8 Å². The molecule has 0 spiro atoms. The summed E-state index contributed by atoms with van der Waals surface area (Å²) in [6.45, 7) is 3.71. The molecule has 1 aromatic rings. The zero-order chi connectivity index (χ0) is 14.8. The second-order valence-corrected chi connectivity index (χ2v) is 5.16. The molecule has 0 aliphatic carbocycles. The highest BCUT2D eigenvalue weighted by Gasteiger charge is 2.08. The van der Waals surface area contributed by atoms with Crippen molar-refractivity contribution in [2.75, 3.05) is 19.8 Å². The molecule has 5 heteroatoms. The number of hydrogen-bond acceptors (Lipinski definition) is 3. The van der Waals surface area contributed by atoms with Crippen LogP contribution in [0.1, 0.15) is 18.9 Å². The fraction of sp³-hybridized carbons (Fsp3) is 0.333. The maximum atomic E-state index is 11.9. The smallest absolute Gasteiger partial charge is 0.261 e. The van der Waals surface area contributed by atoms with Crippen LogP contribution in [0.2, 0.25) is 0 Å². The van der Waals surface area contributed by atoms with E-state index in [1.807, 2.05) is 37.3 Å². The Hall–Kier alpha value is -1.39. The number of nitrogens with one attached hydrogen (secondary N) is 1. The normalized spacial score (nSPS) is 10.9. The Kier molecular flexibility index (Phi) is 7.92. The highest BCUT2D eigenvalue weighted by atomic mass is 127. The Morgan fingerprint density at radius 2 is 2.25 bits per heavy atom. The lowest BCUT2D eigenvalue weighted by atomic mass is 10.1. The lowest BCUT2D eigenvalue weighted by molar-refractivity contribution is -0.117.